The number of nitrogens with two attached hydrogens (primary N) is 1. The molecule has 4 nitrogen and oxygen atoms in total. The maximum Gasteiger partial charge on any atom is 0.170 e. The van der Waals surface area contributed by atoms with E-state index in [0.717, 1.165) is 39.0 Å². The van der Waals surface area contributed by atoms with Gasteiger partial charge in [-0.2, -0.15) is 0 Å². The van der Waals surface area contributed by atoms with Crippen LogP contribution in [0.1, 0.15) is 39.0 Å². The lowest BCUT2D eigenvalue weighted by Crippen LogP contribution is -2.55. The van der Waals surface area contributed by atoms with Crippen molar-refractivity contribution in [1.82, 2.24) is 4.90 Å². The van der Waals surface area contributed by atoms with Crippen LogP contribution in [0, 0.1) is 0 Å². The number of nitrogens with zero attached hydrogens (tertiary/aromatic N) is 1. The van der Waals surface area contributed by atoms with Crippen LogP contribution in [0.25, 0.3) is 0 Å². The summed E-state index contributed by atoms with van der Waals surface area (Å²) in [6, 6.07) is 0.656. The van der Waals surface area contributed by atoms with Gasteiger partial charge in [-0.05, 0) is 26.4 Å². The highest BCUT2D eigenvalue weighted by molar-refractivity contribution is 4.94. The smallest absolute Gasteiger partial charge is 0.170 e. The lowest BCUT2D eigenvalue weighted by molar-refractivity contribution is -0.190. The molecule has 4 heteroatoms. The Morgan fingerprint density at radius 2 is 2.06 bits per heavy atom. The maximum absolute atomic E-state index is 6.25. The molecule has 2 rings (SSSR count). The van der Waals surface area contributed by atoms with Gasteiger partial charge in [0.2, 0.25) is 0 Å². The Morgan fingerprint density at radius 1 is 1.35 bits per heavy atom. The van der Waals surface area contributed by atoms with Crippen molar-refractivity contribution in [1.29, 1.82) is 0 Å². The van der Waals surface area contributed by atoms with E-state index in [-0.39, 0.29) is 11.8 Å². The second kappa shape index (κ2) is 5.65. The van der Waals surface area contributed by atoms with E-state index < -0.39 is 0 Å². The number of hydrogen-bond donors (Lipinski definition) is 1. The van der Waals surface area contributed by atoms with Crippen molar-refractivity contribution in [3.8, 4) is 0 Å². The Kier molecular flexibility index (Phi) is 4.42. The molecule has 2 N–H and O–H groups in total. The number of rotatable bonds is 4. The summed E-state index contributed by atoms with van der Waals surface area (Å²) in [4.78, 5) is 2.39. The molecule has 0 amide bonds. The third-order valence-corrected chi connectivity index (χ3v) is 4.12. The number of unbranched alkanes of at least 4 members (excludes halogenated alkanes) is 1. The van der Waals surface area contributed by atoms with Gasteiger partial charge in [-0.3, -0.25) is 0 Å². The van der Waals surface area contributed by atoms with Crippen molar-refractivity contribution in [3.05, 3.63) is 0 Å². The maximum atomic E-state index is 6.25. The predicted octanol–water partition coefficient (Wildman–Crippen LogP) is 1.34. The van der Waals surface area contributed by atoms with Gasteiger partial charge in [0.25, 0.3) is 0 Å². The lowest BCUT2D eigenvalue weighted by Gasteiger charge is -2.43. The van der Waals surface area contributed by atoms with E-state index in [1.807, 2.05) is 0 Å². The minimum atomic E-state index is -0.318. The quantitative estimate of drug-likeness (QED) is 0.808. The molecule has 0 radical (unpaired) electrons. The van der Waals surface area contributed by atoms with E-state index in [0.29, 0.717) is 6.04 Å². The average Bonchev–Trinajstić information content (AvgIpc) is 2.78. The van der Waals surface area contributed by atoms with Crippen LogP contribution in [-0.4, -0.2) is 49.6 Å². The highest BCUT2D eigenvalue weighted by Crippen LogP contribution is 2.36. The van der Waals surface area contributed by atoms with Gasteiger partial charge in [0.15, 0.2) is 5.79 Å². The lowest BCUT2D eigenvalue weighted by atomic mass is 9.85. The molecule has 1 aliphatic carbocycles. The van der Waals surface area contributed by atoms with Crippen LogP contribution in [-0.2, 0) is 9.47 Å². The van der Waals surface area contributed by atoms with Crippen LogP contribution in [0.4, 0.5) is 0 Å². The second-order valence-electron chi connectivity index (χ2n) is 5.42. The zero-order valence-electron chi connectivity index (χ0n) is 11.2. The topological polar surface area (TPSA) is 47.7 Å². The zero-order chi connectivity index (χ0) is 12.3. The van der Waals surface area contributed by atoms with Crippen molar-refractivity contribution in [2.24, 2.45) is 5.73 Å². The molecular formula is C13H26N2O2. The van der Waals surface area contributed by atoms with E-state index in [2.05, 4.69) is 18.9 Å². The molecule has 1 saturated carbocycles. The molecule has 2 unspecified atom stereocenters. The molecule has 1 saturated heterocycles. The largest absolute Gasteiger partial charge is 0.347 e. The van der Waals surface area contributed by atoms with Gasteiger partial charge in [-0.15, -0.1) is 0 Å². The Labute approximate surface area is 104 Å². The fourth-order valence-electron chi connectivity index (χ4n) is 2.97. The minimum absolute atomic E-state index is 0.260. The molecule has 0 aromatic rings. The summed E-state index contributed by atoms with van der Waals surface area (Å²) >= 11 is 0. The normalized spacial score (nSPS) is 32.5. The Bertz CT molecular complexity index is 242. The first-order chi connectivity index (χ1) is 8.17. The molecule has 1 aliphatic heterocycles. The van der Waals surface area contributed by atoms with Gasteiger partial charge in [0.05, 0.1) is 13.2 Å². The standard InChI is InChI=1S/C13H26N2O2/c1-3-4-7-15(2)12-10-13(6-5-11(12)14)16-8-9-17-13/h11-12H,3-10,14H2,1-2H3. The average molecular weight is 242 g/mol. The number of ether oxygens (including phenoxy) is 2. The summed E-state index contributed by atoms with van der Waals surface area (Å²) in [5.74, 6) is -0.318. The zero-order valence-corrected chi connectivity index (χ0v) is 11.2. The molecule has 1 spiro atoms. The Morgan fingerprint density at radius 3 is 2.71 bits per heavy atom. The van der Waals surface area contributed by atoms with Crippen LogP contribution < -0.4 is 5.73 Å². The summed E-state index contributed by atoms with van der Waals surface area (Å²) < 4.78 is 11.6. The summed E-state index contributed by atoms with van der Waals surface area (Å²) in [6.45, 7) is 4.81. The fraction of sp³-hybridized carbons (Fsp3) is 1.00. The highest BCUT2D eigenvalue weighted by Gasteiger charge is 2.45. The second-order valence-corrected chi connectivity index (χ2v) is 5.42. The summed E-state index contributed by atoms with van der Waals surface area (Å²) in [6.07, 6.45) is 5.33. The fourth-order valence-corrected chi connectivity index (χ4v) is 2.97. The Balaban J connectivity index is 1.94. The molecule has 17 heavy (non-hydrogen) atoms. The predicted molar refractivity (Wildman–Crippen MR) is 67.8 cm³/mol. The summed E-state index contributed by atoms with van der Waals surface area (Å²) in [5, 5.41) is 0. The monoisotopic (exact) mass is 242 g/mol. The van der Waals surface area contributed by atoms with Gasteiger partial charge in [0.1, 0.15) is 0 Å². The van der Waals surface area contributed by atoms with Crippen LogP contribution >= 0.6 is 0 Å². The van der Waals surface area contributed by atoms with E-state index in [9.17, 15) is 0 Å². The van der Waals surface area contributed by atoms with E-state index in [1.54, 1.807) is 0 Å². The van der Waals surface area contributed by atoms with Crippen LogP contribution in [0.2, 0.25) is 0 Å². The number of hydrogen-bond acceptors (Lipinski definition) is 4. The first-order valence-electron chi connectivity index (χ1n) is 6.90. The van der Waals surface area contributed by atoms with Crippen molar-refractivity contribution in [3.63, 3.8) is 0 Å². The molecule has 2 aliphatic rings. The Hall–Kier alpha value is -0.160. The van der Waals surface area contributed by atoms with Gasteiger partial charge in [-0.25, -0.2) is 0 Å². The van der Waals surface area contributed by atoms with Gasteiger partial charge >= 0.3 is 0 Å². The molecule has 0 aromatic carbocycles. The van der Waals surface area contributed by atoms with Gasteiger partial charge in [-0.1, -0.05) is 13.3 Å². The van der Waals surface area contributed by atoms with Gasteiger partial charge in [0, 0.05) is 24.9 Å². The third-order valence-electron chi connectivity index (χ3n) is 4.12. The molecule has 100 valence electrons. The molecule has 0 bridgehead atoms. The SMILES string of the molecule is CCCCN(C)C1CC2(CCC1N)OCCO2. The van der Waals surface area contributed by atoms with E-state index in [4.69, 9.17) is 15.2 Å². The summed E-state index contributed by atoms with van der Waals surface area (Å²) in [5.41, 5.74) is 6.25. The molecule has 1 heterocycles. The van der Waals surface area contributed by atoms with Crippen molar-refractivity contribution in [2.75, 3.05) is 26.8 Å². The molecule has 2 fully saturated rings. The van der Waals surface area contributed by atoms with E-state index >= 15 is 0 Å². The van der Waals surface area contributed by atoms with Crippen molar-refractivity contribution in [2.45, 2.75) is 56.9 Å². The first kappa shape index (κ1) is 13.3. The third kappa shape index (κ3) is 2.99. The highest BCUT2D eigenvalue weighted by atomic mass is 16.7. The van der Waals surface area contributed by atoms with Crippen LogP contribution in [0.15, 0.2) is 0 Å². The van der Waals surface area contributed by atoms with E-state index in [1.165, 1.54) is 12.8 Å². The summed E-state index contributed by atoms with van der Waals surface area (Å²) in [7, 11) is 2.17. The first-order valence-corrected chi connectivity index (χ1v) is 6.90. The molecule has 2 atom stereocenters. The van der Waals surface area contributed by atoms with Crippen LogP contribution in [0.3, 0.4) is 0 Å². The number of likely N-dealkylation sites (N-methyl/N-ethyl adjacent to an activating group) is 1. The van der Waals surface area contributed by atoms with Crippen molar-refractivity contribution < 1.29 is 9.47 Å². The van der Waals surface area contributed by atoms with Crippen molar-refractivity contribution >= 4 is 0 Å². The molecular weight excluding hydrogens is 216 g/mol. The van der Waals surface area contributed by atoms with Gasteiger partial charge < -0.3 is 20.1 Å². The molecule has 0 aromatic heterocycles. The van der Waals surface area contributed by atoms with Crippen LogP contribution in [0.5, 0.6) is 0 Å². The minimum Gasteiger partial charge on any atom is -0.347 e.